The number of nitrogens with one attached hydrogen (secondary N) is 1. The molecule has 1 aromatic heterocycles. The Kier molecular flexibility index (Phi) is 4.93. The van der Waals surface area contributed by atoms with Crippen LogP contribution in [0, 0.1) is 12.8 Å². The van der Waals surface area contributed by atoms with Crippen molar-refractivity contribution in [2.24, 2.45) is 5.92 Å². The second-order valence-electron chi connectivity index (χ2n) is 5.97. The first-order chi connectivity index (χ1) is 11.0. The minimum Gasteiger partial charge on any atom is -0.356 e. The number of aromatic nitrogens is 2. The monoisotopic (exact) mass is 351 g/mol. The Balaban J connectivity index is 1.40. The summed E-state index contributed by atoms with van der Waals surface area (Å²) in [4.78, 5) is 12.1. The molecule has 2 aromatic rings. The Morgan fingerprint density at radius 2 is 2.09 bits per heavy atom. The number of halogens is 2. The first-order valence-electron chi connectivity index (χ1n) is 7.77. The molecule has 1 amide bonds. The summed E-state index contributed by atoms with van der Waals surface area (Å²) < 4.78 is 1.82. The number of amides is 1. The first kappa shape index (κ1) is 16.3. The Labute approximate surface area is 145 Å². The lowest BCUT2D eigenvalue weighted by Crippen LogP contribution is -2.27. The van der Waals surface area contributed by atoms with Gasteiger partial charge in [-0.1, -0.05) is 35.3 Å². The summed E-state index contributed by atoms with van der Waals surface area (Å²) in [5.41, 5.74) is 2.02. The van der Waals surface area contributed by atoms with Crippen LogP contribution in [0.4, 0.5) is 0 Å². The molecule has 1 saturated carbocycles. The van der Waals surface area contributed by atoms with Crippen LogP contribution in [0.25, 0.3) is 0 Å². The molecule has 6 heteroatoms. The number of aryl methyl sites for hydroxylation is 2. The topological polar surface area (TPSA) is 46.9 Å². The molecule has 0 bridgehead atoms. The molecule has 122 valence electrons. The average Bonchev–Trinajstić information content (AvgIpc) is 3.26. The van der Waals surface area contributed by atoms with Crippen LogP contribution in [0.15, 0.2) is 30.5 Å². The average molecular weight is 352 g/mol. The molecule has 3 rings (SSSR count). The highest BCUT2D eigenvalue weighted by atomic mass is 35.5. The van der Waals surface area contributed by atoms with Gasteiger partial charge in [0.05, 0.1) is 10.7 Å². The molecule has 1 heterocycles. The summed E-state index contributed by atoms with van der Waals surface area (Å²) in [6, 6.07) is 7.76. The van der Waals surface area contributed by atoms with E-state index in [9.17, 15) is 4.79 Å². The summed E-state index contributed by atoms with van der Waals surface area (Å²) in [5.74, 6) is 0.567. The molecule has 1 aliphatic carbocycles. The van der Waals surface area contributed by atoms with Gasteiger partial charge >= 0.3 is 0 Å². The van der Waals surface area contributed by atoms with Gasteiger partial charge in [-0.25, -0.2) is 0 Å². The third-order valence-corrected chi connectivity index (χ3v) is 4.80. The van der Waals surface area contributed by atoms with Crippen LogP contribution in [0.5, 0.6) is 0 Å². The van der Waals surface area contributed by atoms with Gasteiger partial charge in [0.15, 0.2) is 0 Å². The number of benzene rings is 1. The summed E-state index contributed by atoms with van der Waals surface area (Å²) in [6.45, 7) is 3.28. The van der Waals surface area contributed by atoms with E-state index in [1.54, 1.807) is 0 Å². The van der Waals surface area contributed by atoms with E-state index >= 15 is 0 Å². The molecule has 2 unspecified atom stereocenters. The fraction of sp³-hybridized carbons (Fsp3) is 0.412. The van der Waals surface area contributed by atoms with Gasteiger partial charge in [-0.3, -0.25) is 9.48 Å². The smallest absolute Gasteiger partial charge is 0.223 e. The van der Waals surface area contributed by atoms with Crippen LogP contribution in [0.2, 0.25) is 10.0 Å². The quantitative estimate of drug-likeness (QED) is 0.804. The van der Waals surface area contributed by atoms with Gasteiger partial charge in [0.1, 0.15) is 0 Å². The van der Waals surface area contributed by atoms with Crippen molar-refractivity contribution in [2.75, 3.05) is 6.54 Å². The van der Waals surface area contributed by atoms with E-state index in [0.717, 1.165) is 30.1 Å². The van der Waals surface area contributed by atoms with Crippen LogP contribution in [0.1, 0.15) is 30.0 Å². The Morgan fingerprint density at radius 3 is 2.74 bits per heavy atom. The van der Waals surface area contributed by atoms with Crippen LogP contribution < -0.4 is 5.32 Å². The number of hydrogen-bond donors (Lipinski definition) is 1. The van der Waals surface area contributed by atoms with E-state index in [1.807, 2.05) is 42.1 Å². The standard InChI is InChI=1S/C17H19Cl2N3O/c1-11-16(19)10-22(21-11)8-2-7-20-17(23)15-9-14(15)12-3-5-13(18)6-4-12/h3-6,10,14-15H,2,7-9H2,1H3,(H,20,23). The van der Waals surface area contributed by atoms with E-state index in [-0.39, 0.29) is 11.8 Å². The molecule has 23 heavy (non-hydrogen) atoms. The summed E-state index contributed by atoms with van der Waals surface area (Å²) >= 11 is 11.9. The maximum atomic E-state index is 12.1. The second-order valence-corrected chi connectivity index (χ2v) is 6.81. The van der Waals surface area contributed by atoms with Crippen molar-refractivity contribution in [3.8, 4) is 0 Å². The van der Waals surface area contributed by atoms with Crippen molar-refractivity contribution >= 4 is 29.1 Å². The Bertz CT molecular complexity index is 677. The van der Waals surface area contributed by atoms with Gasteiger partial charge < -0.3 is 5.32 Å². The van der Waals surface area contributed by atoms with E-state index in [1.165, 1.54) is 5.56 Å². The maximum absolute atomic E-state index is 12.1. The zero-order valence-corrected chi connectivity index (χ0v) is 14.4. The van der Waals surface area contributed by atoms with Gasteiger partial charge in [-0.05, 0) is 43.4 Å². The molecule has 1 aliphatic rings. The fourth-order valence-corrected chi connectivity index (χ4v) is 3.03. The molecule has 2 atom stereocenters. The predicted molar refractivity (Wildman–Crippen MR) is 91.9 cm³/mol. The largest absolute Gasteiger partial charge is 0.356 e. The van der Waals surface area contributed by atoms with Crippen LogP contribution >= 0.6 is 23.2 Å². The molecule has 1 aromatic carbocycles. The molecule has 0 radical (unpaired) electrons. The van der Waals surface area contributed by atoms with Crippen molar-refractivity contribution in [1.29, 1.82) is 0 Å². The maximum Gasteiger partial charge on any atom is 0.223 e. The van der Waals surface area contributed by atoms with Crippen molar-refractivity contribution in [1.82, 2.24) is 15.1 Å². The zero-order chi connectivity index (χ0) is 16.4. The van der Waals surface area contributed by atoms with E-state index in [4.69, 9.17) is 23.2 Å². The molecular weight excluding hydrogens is 333 g/mol. The SMILES string of the molecule is Cc1nn(CCCNC(=O)C2CC2c2ccc(Cl)cc2)cc1Cl. The van der Waals surface area contributed by atoms with Crippen LogP contribution in [-0.4, -0.2) is 22.2 Å². The van der Waals surface area contributed by atoms with Gasteiger partial charge in [-0.15, -0.1) is 0 Å². The molecule has 1 N–H and O–H groups in total. The zero-order valence-electron chi connectivity index (χ0n) is 12.9. The Hall–Kier alpha value is -1.52. The number of rotatable bonds is 6. The Morgan fingerprint density at radius 1 is 1.35 bits per heavy atom. The summed E-state index contributed by atoms with van der Waals surface area (Å²) in [5, 5.41) is 8.71. The normalized spacial score (nSPS) is 19.6. The van der Waals surface area contributed by atoms with E-state index in [0.29, 0.717) is 17.5 Å². The summed E-state index contributed by atoms with van der Waals surface area (Å²) in [7, 11) is 0. The van der Waals surface area contributed by atoms with E-state index in [2.05, 4.69) is 10.4 Å². The second kappa shape index (κ2) is 6.93. The number of carbonyl (C=O) groups excluding carboxylic acids is 1. The molecular formula is C17H19Cl2N3O. The van der Waals surface area contributed by atoms with Crippen LogP contribution in [-0.2, 0) is 11.3 Å². The lowest BCUT2D eigenvalue weighted by atomic mass is 10.1. The summed E-state index contributed by atoms with van der Waals surface area (Å²) in [6.07, 6.45) is 3.57. The number of nitrogens with zero attached hydrogens (tertiary/aromatic N) is 2. The number of carbonyl (C=O) groups is 1. The van der Waals surface area contributed by atoms with Crippen molar-refractivity contribution in [3.05, 3.63) is 51.8 Å². The minimum atomic E-state index is 0.0950. The molecule has 0 aliphatic heterocycles. The van der Waals surface area contributed by atoms with Crippen molar-refractivity contribution in [2.45, 2.75) is 32.2 Å². The van der Waals surface area contributed by atoms with Crippen molar-refractivity contribution in [3.63, 3.8) is 0 Å². The third-order valence-electron chi connectivity index (χ3n) is 4.18. The van der Waals surface area contributed by atoms with Crippen LogP contribution in [0.3, 0.4) is 0 Å². The highest BCUT2D eigenvalue weighted by molar-refractivity contribution is 6.31. The predicted octanol–water partition coefficient (Wildman–Crippen LogP) is 3.81. The lowest BCUT2D eigenvalue weighted by Gasteiger charge is -2.05. The number of hydrogen-bond acceptors (Lipinski definition) is 2. The van der Waals surface area contributed by atoms with Crippen molar-refractivity contribution < 1.29 is 4.79 Å². The molecule has 0 saturated heterocycles. The van der Waals surface area contributed by atoms with Gasteiger partial charge in [0.2, 0.25) is 5.91 Å². The van der Waals surface area contributed by atoms with Gasteiger partial charge in [0.25, 0.3) is 0 Å². The minimum absolute atomic E-state index is 0.0950. The van der Waals surface area contributed by atoms with Gasteiger partial charge in [-0.2, -0.15) is 5.10 Å². The molecule has 0 spiro atoms. The molecule has 4 nitrogen and oxygen atoms in total. The highest BCUT2D eigenvalue weighted by Gasteiger charge is 2.43. The van der Waals surface area contributed by atoms with E-state index < -0.39 is 0 Å². The lowest BCUT2D eigenvalue weighted by molar-refractivity contribution is -0.122. The fourth-order valence-electron chi connectivity index (χ4n) is 2.75. The third kappa shape index (κ3) is 4.06. The molecule has 1 fully saturated rings. The highest BCUT2D eigenvalue weighted by Crippen LogP contribution is 2.47. The first-order valence-corrected chi connectivity index (χ1v) is 8.53. The van der Waals surface area contributed by atoms with Gasteiger partial charge in [0, 0.05) is 30.2 Å².